The molecule has 0 aromatic carbocycles. The molecule has 3 nitrogen and oxygen atoms in total. The second kappa shape index (κ2) is 6.94. The number of thiocarbonyl (C=S) groups is 1. The molecule has 1 unspecified atom stereocenters. The lowest BCUT2D eigenvalue weighted by Crippen LogP contribution is -2.37. The van der Waals surface area contributed by atoms with Gasteiger partial charge in [0, 0.05) is 6.54 Å². The second-order valence-electron chi connectivity index (χ2n) is 5.33. The summed E-state index contributed by atoms with van der Waals surface area (Å²) in [5, 5.41) is 2.92. The van der Waals surface area contributed by atoms with Crippen molar-refractivity contribution < 1.29 is 4.79 Å². The largest absolute Gasteiger partial charge is 0.393 e. The van der Waals surface area contributed by atoms with E-state index in [1.54, 1.807) is 6.92 Å². The van der Waals surface area contributed by atoms with E-state index in [1.165, 1.54) is 25.7 Å². The van der Waals surface area contributed by atoms with Gasteiger partial charge < -0.3 is 11.1 Å². The lowest BCUT2D eigenvalue weighted by molar-refractivity contribution is -0.122. The Morgan fingerprint density at radius 3 is 2.53 bits per heavy atom. The van der Waals surface area contributed by atoms with Crippen LogP contribution in [0.1, 0.15) is 46.0 Å². The zero-order chi connectivity index (χ0) is 12.8. The summed E-state index contributed by atoms with van der Waals surface area (Å²) >= 11 is 4.80. The Morgan fingerprint density at radius 2 is 2.00 bits per heavy atom. The Morgan fingerprint density at radius 1 is 1.41 bits per heavy atom. The summed E-state index contributed by atoms with van der Waals surface area (Å²) in [4.78, 5) is 11.9. The van der Waals surface area contributed by atoms with Gasteiger partial charge in [0.1, 0.15) is 0 Å². The number of rotatable bonds is 5. The number of hydrogen-bond acceptors (Lipinski definition) is 2. The van der Waals surface area contributed by atoms with Crippen LogP contribution in [0.3, 0.4) is 0 Å². The van der Waals surface area contributed by atoms with Crippen LogP contribution in [0.5, 0.6) is 0 Å². The summed E-state index contributed by atoms with van der Waals surface area (Å²) in [6.07, 6.45) is 6.37. The van der Waals surface area contributed by atoms with E-state index in [4.69, 9.17) is 18.0 Å². The van der Waals surface area contributed by atoms with Gasteiger partial charge in [0.15, 0.2) is 0 Å². The van der Waals surface area contributed by atoms with E-state index >= 15 is 0 Å². The van der Waals surface area contributed by atoms with Crippen LogP contribution in [0.4, 0.5) is 0 Å². The molecule has 0 bridgehead atoms. The monoisotopic (exact) mass is 256 g/mol. The SMILES string of the molecule is CC1CCC(CCNC(=O)C(C)C(N)=S)CC1. The summed E-state index contributed by atoms with van der Waals surface area (Å²) in [7, 11) is 0. The minimum absolute atomic E-state index is 0.0401. The first-order valence-electron chi connectivity index (χ1n) is 6.57. The van der Waals surface area contributed by atoms with Crippen LogP contribution in [-0.2, 0) is 4.79 Å². The molecule has 1 amide bonds. The van der Waals surface area contributed by atoms with Gasteiger partial charge in [-0.2, -0.15) is 0 Å². The molecule has 0 heterocycles. The van der Waals surface area contributed by atoms with Gasteiger partial charge in [-0.3, -0.25) is 4.79 Å². The predicted molar refractivity (Wildman–Crippen MR) is 74.7 cm³/mol. The molecule has 3 N–H and O–H groups in total. The van der Waals surface area contributed by atoms with Gasteiger partial charge in [-0.15, -0.1) is 0 Å². The first-order chi connectivity index (χ1) is 8.00. The topological polar surface area (TPSA) is 55.1 Å². The molecule has 1 rings (SSSR count). The summed E-state index contributed by atoms with van der Waals surface area (Å²) in [5.41, 5.74) is 5.44. The van der Waals surface area contributed by atoms with Crippen molar-refractivity contribution in [1.82, 2.24) is 5.32 Å². The lowest BCUT2D eigenvalue weighted by Gasteiger charge is -2.26. The van der Waals surface area contributed by atoms with Crippen LogP contribution in [0, 0.1) is 17.8 Å². The van der Waals surface area contributed by atoms with Gasteiger partial charge in [0.25, 0.3) is 0 Å². The molecular formula is C13H24N2OS. The van der Waals surface area contributed by atoms with E-state index < -0.39 is 0 Å². The summed E-state index contributed by atoms with van der Waals surface area (Å²) < 4.78 is 0. The standard InChI is InChI=1S/C13H24N2OS/c1-9-3-5-11(6-4-9)7-8-15-13(16)10(2)12(14)17/h9-11H,3-8H2,1-2H3,(H2,14,17)(H,15,16). The average Bonchev–Trinajstić information content (AvgIpc) is 2.30. The van der Waals surface area contributed by atoms with E-state index in [0.29, 0.717) is 0 Å². The zero-order valence-electron chi connectivity index (χ0n) is 10.9. The first-order valence-corrected chi connectivity index (χ1v) is 6.98. The molecule has 0 spiro atoms. The molecule has 0 aliphatic heterocycles. The number of nitrogens with one attached hydrogen (secondary N) is 1. The van der Waals surface area contributed by atoms with Crippen molar-refractivity contribution in [3.63, 3.8) is 0 Å². The molecule has 0 radical (unpaired) electrons. The molecule has 1 atom stereocenters. The molecular weight excluding hydrogens is 232 g/mol. The van der Waals surface area contributed by atoms with Gasteiger partial charge in [-0.05, 0) is 25.2 Å². The van der Waals surface area contributed by atoms with Gasteiger partial charge in [0.05, 0.1) is 10.9 Å². The number of carbonyl (C=O) groups is 1. The number of carbonyl (C=O) groups excluding carboxylic acids is 1. The minimum atomic E-state index is -0.351. The Bertz CT molecular complexity index is 273. The maximum atomic E-state index is 11.6. The van der Waals surface area contributed by atoms with Gasteiger partial charge in [-0.1, -0.05) is 44.8 Å². The van der Waals surface area contributed by atoms with Crippen molar-refractivity contribution in [2.75, 3.05) is 6.54 Å². The predicted octanol–water partition coefficient (Wildman–Crippen LogP) is 2.24. The summed E-state index contributed by atoms with van der Waals surface area (Å²) in [5.74, 6) is 1.28. The van der Waals surface area contributed by atoms with Crippen LogP contribution >= 0.6 is 12.2 Å². The van der Waals surface area contributed by atoms with Crippen molar-refractivity contribution in [2.24, 2.45) is 23.5 Å². The molecule has 1 saturated carbocycles. The Labute approximate surface area is 110 Å². The Balaban J connectivity index is 2.15. The maximum Gasteiger partial charge on any atom is 0.229 e. The summed E-state index contributed by atoms with van der Waals surface area (Å²) in [6.45, 7) is 4.83. The molecule has 4 heteroatoms. The molecule has 0 saturated heterocycles. The smallest absolute Gasteiger partial charge is 0.229 e. The van der Waals surface area contributed by atoms with Crippen molar-refractivity contribution >= 4 is 23.1 Å². The van der Waals surface area contributed by atoms with Crippen LogP contribution in [0.25, 0.3) is 0 Å². The Kier molecular flexibility index (Phi) is 5.89. The number of hydrogen-bond donors (Lipinski definition) is 2. The third kappa shape index (κ3) is 5.02. The van der Waals surface area contributed by atoms with E-state index in [1.807, 2.05) is 0 Å². The maximum absolute atomic E-state index is 11.6. The van der Waals surface area contributed by atoms with Crippen LogP contribution in [0.2, 0.25) is 0 Å². The first kappa shape index (κ1) is 14.4. The van der Waals surface area contributed by atoms with Crippen LogP contribution < -0.4 is 11.1 Å². The molecule has 98 valence electrons. The highest BCUT2D eigenvalue weighted by molar-refractivity contribution is 7.80. The highest BCUT2D eigenvalue weighted by Gasteiger charge is 2.19. The van der Waals surface area contributed by atoms with Gasteiger partial charge >= 0.3 is 0 Å². The molecule has 1 aliphatic carbocycles. The normalized spacial score (nSPS) is 26.2. The van der Waals surface area contributed by atoms with Crippen LogP contribution in [0.15, 0.2) is 0 Å². The highest BCUT2D eigenvalue weighted by Crippen LogP contribution is 2.29. The van der Waals surface area contributed by atoms with Gasteiger partial charge in [-0.25, -0.2) is 0 Å². The third-order valence-electron chi connectivity index (χ3n) is 3.81. The average molecular weight is 256 g/mol. The fourth-order valence-electron chi connectivity index (χ4n) is 2.30. The third-order valence-corrected chi connectivity index (χ3v) is 4.16. The van der Waals surface area contributed by atoms with Crippen molar-refractivity contribution in [2.45, 2.75) is 46.0 Å². The van der Waals surface area contributed by atoms with E-state index in [0.717, 1.165) is 24.8 Å². The molecule has 1 fully saturated rings. The van der Waals surface area contributed by atoms with Crippen molar-refractivity contribution in [3.05, 3.63) is 0 Å². The van der Waals surface area contributed by atoms with Gasteiger partial charge in [0.2, 0.25) is 5.91 Å². The molecule has 0 aromatic rings. The molecule has 17 heavy (non-hydrogen) atoms. The zero-order valence-corrected chi connectivity index (χ0v) is 11.7. The Hall–Kier alpha value is -0.640. The number of nitrogens with two attached hydrogens (primary N) is 1. The minimum Gasteiger partial charge on any atom is -0.393 e. The number of amides is 1. The fraction of sp³-hybridized carbons (Fsp3) is 0.846. The van der Waals surface area contributed by atoms with Crippen LogP contribution in [-0.4, -0.2) is 17.4 Å². The van der Waals surface area contributed by atoms with E-state index in [2.05, 4.69) is 12.2 Å². The summed E-state index contributed by atoms with van der Waals surface area (Å²) in [6, 6.07) is 0. The second-order valence-corrected chi connectivity index (χ2v) is 5.80. The fourth-order valence-corrected chi connectivity index (χ4v) is 2.41. The molecule has 0 aromatic heterocycles. The lowest BCUT2D eigenvalue weighted by atomic mass is 9.81. The van der Waals surface area contributed by atoms with E-state index in [-0.39, 0.29) is 16.8 Å². The highest BCUT2D eigenvalue weighted by atomic mass is 32.1. The van der Waals surface area contributed by atoms with Crippen molar-refractivity contribution in [1.29, 1.82) is 0 Å². The quantitative estimate of drug-likeness (QED) is 0.742. The van der Waals surface area contributed by atoms with E-state index in [9.17, 15) is 4.79 Å². The van der Waals surface area contributed by atoms with Crippen molar-refractivity contribution in [3.8, 4) is 0 Å². The molecule has 1 aliphatic rings.